The summed E-state index contributed by atoms with van der Waals surface area (Å²) in [5.74, 6) is 0.179. The van der Waals surface area contributed by atoms with Gasteiger partial charge in [0, 0.05) is 28.7 Å². The van der Waals surface area contributed by atoms with E-state index in [1.54, 1.807) is 0 Å². The van der Waals surface area contributed by atoms with Crippen molar-refractivity contribution >= 4 is 27.6 Å². The number of rotatable bonds is 3. The minimum atomic E-state index is -0.198. The van der Waals surface area contributed by atoms with Crippen LogP contribution in [0.1, 0.15) is 31.2 Å². The van der Waals surface area contributed by atoms with Crippen molar-refractivity contribution < 1.29 is 9.90 Å². The molecule has 2 amide bonds. The van der Waals surface area contributed by atoms with E-state index >= 15 is 0 Å². The average molecular weight is 341 g/mol. The number of benzene rings is 1. The van der Waals surface area contributed by atoms with Crippen LogP contribution in [0.3, 0.4) is 0 Å². The number of aliphatic hydroxyl groups is 1. The Morgan fingerprint density at radius 2 is 2.15 bits per heavy atom. The molecule has 4 nitrogen and oxygen atoms in total. The van der Waals surface area contributed by atoms with E-state index < -0.39 is 0 Å². The number of carbonyl (C=O) groups is 1. The molecule has 1 aliphatic rings. The Labute approximate surface area is 128 Å². The van der Waals surface area contributed by atoms with E-state index in [4.69, 9.17) is 0 Å². The van der Waals surface area contributed by atoms with E-state index in [2.05, 4.69) is 26.6 Å². The smallest absolute Gasteiger partial charge is 0.319 e. The van der Waals surface area contributed by atoms with Crippen molar-refractivity contribution in [2.24, 2.45) is 5.92 Å². The number of aliphatic hydroxyl groups excluding tert-OH is 1. The van der Waals surface area contributed by atoms with Gasteiger partial charge in [0.2, 0.25) is 0 Å². The van der Waals surface area contributed by atoms with Crippen LogP contribution in [0.2, 0.25) is 0 Å². The van der Waals surface area contributed by atoms with Crippen molar-refractivity contribution in [3.05, 3.63) is 28.2 Å². The van der Waals surface area contributed by atoms with Crippen LogP contribution in [0.4, 0.5) is 10.5 Å². The summed E-state index contributed by atoms with van der Waals surface area (Å²) in [5.41, 5.74) is 1.82. The molecule has 0 radical (unpaired) electrons. The summed E-state index contributed by atoms with van der Waals surface area (Å²) in [6.45, 7) is 2.10. The molecule has 2 rings (SSSR count). The third-order valence-corrected chi connectivity index (χ3v) is 4.40. The number of hydrogen-bond donors (Lipinski definition) is 3. The predicted molar refractivity (Wildman–Crippen MR) is 83.9 cm³/mol. The zero-order chi connectivity index (χ0) is 14.5. The number of hydrogen-bond acceptors (Lipinski definition) is 2. The minimum absolute atomic E-state index is 0.0706. The maximum absolute atomic E-state index is 12.1. The molecule has 5 heteroatoms. The second kappa shape index (κ2) is 7.09. The third-order valence-electron chi connectivity index (χ3n) is 3.91. The Kier molecular flexibility index (Phi) is 5.43. The van der Waals surface area contributed by atoms with Gasteiger partial charge in [-0.05, 0) is 37.5 Å². The second-order valence-electron chi connectivity index (χ2n) is 5.39. The quantitative estimate of drug-likeness (QED) is 0.789. The summed E-state index contributed by atoms with van der Waals surface area (Å²) >= 11 is 3.40. The molecule has 0 heterocycles. The van der Waals surface area contributed by atoms with Crippen LogP contribution in [-0.4, -0.2) is 23.8 Å². The Bertz CT molecular complexity index is 479. The summed E-state index contributed by atoms with van der Waals surface area (Å²) in [4.78, 5) is 12.1. The maximum atomic E-state index is 12.1. The molecule has 3 N–H and O–H groups in total. The molecule has 2 atom stereocenters. The van der Waals surface area contributed by atoms with Gasteiger partial charge >= 0.3 is 6.03 Å². The SMILES string of the molecule is Cc1ccc(Br)cc1NC(=O)NC1CCCCC1CO. The summed E-state index contributed by atoms with van der Waals surface area (Å²) in [6, 6.07) is 5.66. The lowest BCUT2D eigenvalue weighted by Gasteiger charge is -2.30. The van der Waals surface area contributed by atoms with Crippen LogP contribution in [0.15, 0.2) is 22.7 Å². The third kappa shape index (κ3) is 3.96. The van der Waals surface area contributed by atoms with Crippen LogP contribution in [0.25, 0.3) is 0 Å². The summed E-state index contributed by atoms with van der Waals surface area (Å²) < 4.78 is 0.935. The van der Waals surface area contributed by atoms with Crippen LogP contribution < -0.4 is 10.6 Å². The van der Waals surface area contributed by atoms with Crippen molar-refractivity contribution in [2.45, 2.75) is 38.6 Å². The zero-order valence-corrected chi connectivity index (χ0v) is 13.2. The molecular weight excluding hydrogens is 320 g/mol. The molecule has 2 unspecified atom stereocenters. The van der Waals surface area contributed by atoms with Gasteiger partial charge in [-0.1, -0.05) is 34.8 Å². The molecule has 0 aliphatic heterocycles. The summed E-state index contributed by atoms with van der Waals surface area (Å²) in [7, 11) is 0. The molecule has 110 valence electrons. The molecule has 1 aliphatic carbocycles. The first-order valence-electron chi connectivity index (χ1n) is 7.04. The number of amides is 2. The van der Waals surface area contributed by atoms with Gasteiger partial charge in [0.15, 0.2) is 0 Å². The number of aryl methyl sites for hydroxylation is 1. The fourth-order valence-electron chi connectivity index (χ4n) is 2.67. The van der Waals surface area contributed by atoms with Crippen LogP contribution >= 0.6 is 15.9 Å². The summed E-state index contributed by atoms with van der Waals surface area (Å²) in [5, 5.41) is 15.2. The van der Waals surface area contributed by atoms with E-state index in [1.165, 1.54) is 0 Å². The van der Waals surface area contributed by atoms with Crippen molar-refractivity contribution in [1.82, 2.24) is 5.32 Å². The van der Waals surface area contributed by atoms with E-state index in [9.17, 15) is 9.90 Å². The predicted octanol–water partition coefficient (Wildman–Crippen LogP) is 3.43. The normalized spacial score (nSPS) is 22.4. The van der Waals surface area contributed by atoms with Gasteiger partial charge in [0.25, 0.3) is 0 Å². The molecule has 1 aromatic carbocycles. The minimum Gasteiger partial charge on any atom is -0.396 e. The number of nitrogens with one attached hydrogen (secondary N) is 2. The molecule has 0 aromatic heterocycles. The van der Waals surface area contributed by atoms with Gasteiger partial charge < -0.3 is 15.7 Å². The van der Waals surface area contributed by atoms with Gasteiger partial charge in [0.05, 0.1) is 0 Å². The van der Waals surface area contributed by atoms with Gasteiger partial charge in [-0.2, -0.15) is 0 Å². The van der Waals surface area contributed by atoms with Gasteiger partial charge in [0.1, 0.15) is 0 Å². The van der Waals surface area contributed by atoms with Gasteiger partial charge in [-0.15, -0.1) is 0 Å². The lowest BCUT2D eigenvalue weighted by atomic mass is 9.85. The Hall–Kier alpha value is -1.07. The van der Waals surface area contributed by atoms with E-state index in [0.717, 1.165) is 41.4 Å². The fourth-order valence-corrected chi connectivity index (χ4v) is 3.03. The number of halogens is 1. The highest BCUT2D eigenvalue weighted by atomic mass is 79.9. The molecule has 1 saturated carbocycles. The summed E-state index contributed by atoms with van der Waals surface area (Å²) in [6.07, 6.45) is 4.17. The van der Waals surface area contributed by atoms with Crippen LogP contribution in [0, 0.1) is 12.8 Å². The first kappa shape index (κ1) is 15.3. The maximum Gasteiger partial charge on any atom is 0.319 e. The Morgan fingerprint density at radius 3 is 2.90 bits per heavy atom. The van der Waals surface area contributed by atoms with E-state index in [0.29, 0.717) is 0 Å². The molecule has 0 saturated heterocycles. The van der Waals surface area contributed by atoms with E-state index in [-0.39, 0.29) is 24.6 Å². The van der Waals surface area contributed by atoms with Crippen molar-refractivity contribution in [2.75, 3.05) is 11.9 Å². The second-order valence-corrected chi connectivity index (χ2v) is 6.31. The number of urea groups is 1. The van der Waals surface area contributed by atoms with Gasteiger partial charge in [-0.25, -0.2) is 4.79 Å². The average Bonchev–Trinajstić information content (AvgIpc) is 2.43. The fraction of sp³-hybridized carbons (Fsp3) is 0.533. The van der Waals surface area contributed by atoms with Gasteiger partial charge in [-0.3, -0.25) is 0 Å². The first-order chi connectivity index (χ1) is 9.60. The standard InChI is InChI=1S/C15H21BrN2O2/c1-10-6-7-12(16)8-14(10)18-15(20)17-13-5-3-2-4-11(13)9-19/h6-8,11,13,19H,2-5,9H2,1H3,(H2,17,18,20). The molecule has 20 heavy (non-hydrogen) atoms. The highest BCUT2D eigenvalue weighted by Gasteiger charge is 2.25. The lowest BCUT2D eigenvalue weighted by Crippen LogP contribution is -2.45. The van der Waals surface area contributed by atoms with Crippen LogP contribution in [-0.2, 0) is 0 Å². The first-order valence-corrected chi connectivity index (χ1v) is 7.84. The highest BCUT2D eigenvalue weighted by Crippen LogP contribution is 2.24. The van der Waals surface area contributed by atoms with Crippen molar-refractivity contribution in [3.63, 3.8) is 0 Å². The molecule has 1 fully saturated rings. The van der Waals surface area contributed by atoms with Crippen LogP contribution in [0.5, 0.6) is 0 Å². The Morgan fingerprint density at radius 1 is 1.40 bits per heavy atom. The molecular formula is C15H21BrN2O2. The monoisotopic (exact) mass is 340 g/mol. The molecule has 0 bridgehead atoms. The Balaban J connectivity index is 1.96. The molecule has 1 aromatic rings. The largest absolute Gasteiger partial charge is 0.396 e. The number of anilines is 1. The van der Waals surface area contributed by atoms with Crippen molar-refractivity contribution in [3.8, 4) is 0 Å². The van der Waals surface area contributed by atoms with E-state index in [1.807, 2.05) is 25.1 Å². The molecule has 0 spiro atoms. The lowest BCUT2D eigenvalue weighted by molar-refractivity contribution is 0.156. The zero-order valence-electron chi connectivity index (χ0n) is 11.7. The van der Waals surface area contributed by atoms with Crippen molar-refractivity contribution in [1.29, 1.82) is 0 Å². The highest BCUT2D eigenvalue weighted by molar-refractivity contribution is 9.10. The topological polar surface area (TPSA) is 61.4 Å². The number of carbonyl (C=O) groups excluding carboxylic acids is 1.